The van der Waals surface area contributed by atoms with Crippen LogP contribution < -0.4 is 5.32 Å². The van der Waals surface area contributed by atoms with Gasteiger partial charge in [-0.2, -0.15) is 5.26 Å². The standard InChI is InChI=1S/C12H14N2/c1-10(2)14-12(8-9-13)11-6-4-3-5-7-11/h3-8,10,14H,1-2H3/b12-8+. The molecule has 2 nitrogen and oxygen atoms in total. The largest absolute Gasteiger partial charge is 0.382 e. The Morgan fingerprint density at radius 3 is 2.50 bits per heavy atom. The van der Waals surface area contributed by atoms with Crippen molar-refractivity contribution in [1.29, 1.82) is 5.26 Å². The van der Waals surface area contributed by atoms with Gasteiger partial charge in [0, 0.05) is 12.1 Å². The summed E-state index contributed by atoms with van der Waals surface area (Å²) in [6.07, 6.45) is 1.54. The molecule has 0 aliphatic rings. The van der Waals surface area contributed by atoms with E-state index in [1.54, 1.807) is 0 Å². The molecule has 0 radical (unpaired) electrons. The summed E-state index contributed by atoms with van der Waals surface area (Å²) < 4.78 is 0. The molecule has 1 aromatic rings. The molecule has 0 heterocycles. The number of allylic oxidation sites excluding steroid dienone is 1. The molecule has 0 amide bonds. The third-order valence-corrected chi connectivity index (χ3v) is 1.74. The van der Waals surface area contributed by atoms with Crippen molar-refractivity contribution in [2.75, 3.05) is 0 Å². The Morgan fingerprint density at radius 1 is 1.36 bits per heavy atom. The van der Waals surface area contributed by atoms with Gasteiger partial charge in [0.15, 0.2) is 0 Å². The van der Waals surface area contributed by atoms with Crippen LogP contribution in [0.3, 0.4) is 0 Å². The highest BCUT2D eigenvalue weighted by atomic mass is 14.9. The minimum absolute atomic E-state index is 0.329. The van der Waals surface area contributed by atoms with Crippen molar-refractivity contribution >= 4 is 5.70 Å². The fourth-order valence-corrected chi connectivity index (χ4v) is 1.20. The second-order valence-corrected chi connectivity index (χ2v) is 3.35. The average molecular weight is 186 g/mol. The van der Waals surface area contributed by atoms with Gasteiger partial charge in [-0.25, -0.2) is 0 Å². The van der Waals surface area contributed by atoms with Crippen LogP contribution in [0.1, 0.15) is 19.4 Å². The van der Waals surface area contributed by atoms with Crippen LogP contribution in [0, 0.1) is 11.3 Å². The average Bonchev–Trinajstić information content (AvgIpc) is 2.18. The molecule has 0 aromatic heterocycles. The van der Waals surface area contributed by atoms with Crippen LogP contribution in [-0.2, 0) is 0 Å². The molecule has 0 saturated carbocycles. The van der Waals surface area contributed by atoms with Gasteiger partial charge in [-0.3, -0.25) is 0 Å². The summed E-state index contributed by atoms with van der Waals surface area (Å²) in [7, 11) is 0. The van der Waals surface area contributed by atoms with Crippen LogP contribution in [0.2, 0.25) is 0 Å². The van der Waals surface area contributed by atoms with Gasteiger partial charge in [-0.15, -0.1) is 0 Å². The van der Waals surface area contributed by atoms with E-state index >= 15 is 0 Å². The van der Waals surface area contributed by atoms with E-state index in [4.69, 9.17) is 5.26 Å². The molecule has 0 fully saturated rings. The predicted molar refractivity (Wildman–Crippen MR) is 58.3 cm³/mol. The molecule has 0 spiro atoms. The zero-order chi connectivity index (χ0) is 10.4. The molecule has 1 aromatic carbocycles. The van der Waals surface area contributed by atoms with Gasteiger partial charge in [0.1, 0.15) is 0 Å². The Hall–Kier alpha value is -1.75. The molecule has 0 unspecified atom stereocenters. The second kappa shape index (κ2) is 5.08. The first-order valence-electron chi connectivity index (χ1n) is 4.66. The maximum absolute atomic E-state index is 8.64. The fourth-order valence-electron chi connectivity index (χ4n) is 1.20. The summed E-state index contributed by atoms with van der Waals surface area (Å²) in [4.78, 5) is 0. The normalized spacial score (nSPS) is 11.1. The van der Waals surface area contributed by atoms with Crippen LogP contribution in [0.4, 0.5) is 0 Å². The first-order valence-corrected chi connectivity index (χ1v) is 4.66. The molecule has 0 aliphatic heterocycles. The van der Waals surface area contributed by atoms with E-state index in [9.17, 15) is 0 Å². The van der Waals surface area contributed by atoms with Crippen molar-refractivity contribution in [3.63, 3.8) is 0 Å². The maximum atomic E-state index is 8.64. The number of benzene rings is 1. The number of rotatable bonds is 3. The molecule has 0 bridgehead atoms. The molecule has 14 heavy (non-hydrogen) atoms. The molecule has 0 aliphatic carbocycles. The highest BCUT2D eigenvalue weighted by Crippen LogP contribution is 2.10. The van der Waals surface area contributed by atoms with Gasteiger partial charge in [0.2, 0.25) is 0 Å². The van der Waals surface area contributed by atoms with E-state index in [2.05, 4.69) is 5.32 Å². The van der Waals surface area contributed by atoms with Crippen molar-refractivity contribution in [1.82, 2.24) is 5.32 Å². The Kier molecular flexibility index (Phi) is 3.75. The van der Waals surface area contributed by atoms with E-state index in [1.165, 1.54) is 6.08 Å². The number of hydrogen-bond acceptors (Lipinski definition) is 2. The first kappa shape index (κ1) is 10.3. The molecule has 1 N–H and O–H groups in total. The molecule has 0 saturated heterocycles. The third kappa shape index (κ3) is 2.95. The van der Waals surface area contributed by atoms with Crippen LogP contribution in [-0.4, -0.2) is 6.04 Å². The third-order valence-electron chi connectivity index (χ3n) is 1.74. The summed E-state index contributed by atoms with van der Waals surface area (Å²) in [6, 6.07) is 12.2. The van der Waals surface area contributed by atoms with Crippen LogP contribution >= 0.6 is 0 Å². The minimum Gasteiger partial charge on any atom is -0.382 e. The predicted octanol–water partition coefficient (Wildman–Crippen LogP) is 2.55. The Bertz CT molecular complexity index is 344. The van der Waals surface area contributed by atoms with E-state index in [1.807, 2.05) is 50.2 Å². The van der Waals surface area contributed by atoms with Crippen molar-refractivity contribution in [2.45, 2.75) is 19.9 Å². The number of nitrogens with one attached hydrogen (secondary N) is 1. The number of hydrogen-bond donors (Lipinski definition) is 1. The summed E-state index contributed by atoms with van der Waals surface area (Å²) in [5.74, 6) is 0. The van der Waals surface area contributed by atoms with Gasteiger partial charge in [-0.05, 0) is 19.4 Å². The smallest absolute Gasteiger partial charge is 0.0933 e. The molecular weight excluding hydrogens is 172 g/mol. The van der Waals surface area contributed by atoms with Crippen LogP contribution in [0.25, 0.3) is 5.70 Å². The first-order chi connectivity index (χ1) is 6.74. The minimum atomic E-state index is 0.329. The van der Waals surface area contributed by atoms with Gasteiger partial charge in [-0.1, -0.05) is 30.3 Å². The lowest BCUT2D eigenvalue weighted by Gasteiger charge is -2.13. The molecule has 1 rings (SSSR count). The van der Waals surface area contributed by atoms with E-state index in [-0.39, 0.29) is 0 Å². The Morgan fingerprint density at radius 2 is 2.00 bits per heavy atom. The maximum Gasteiger partial charge on any atom is 0.0933 e. The summed E-state index contributed by atoms with van der Waals surface area (Å²) >= 11 is 0. The van der Waals surface area contributed by atoms with Crippen LogP contribution in [0.15, 0.2) is 36.4 Å². The number of nitrogens with zero attached hydrogens (tertiary/aromatic N) is 1. The fraction of sp³-hybridized carbons (Fsp3) is 0.250. The lowest BCUT2D eigenvalue weighted by Crippen LogP contribution is -2.20. The highest BCUT2D eigenvalue weighted by molar-refractivity contribution is 5.66. The van der Waals surface area contributed by atoms with Gasteiger partial charge < -0.3 is 5.32 Å². The van der Waals surface area contributed by atoms with E-state index in [0.29, 0.717) is 6.04 Å². The van der Waals surface area contributed by atoms with Gasteiger partial charge >= 0.3 is 0 Å². The van der Waals surface area contributed by atoms with Crippen molar-refractivity contribution in [2.24, 2.45) is 0 Å². The summed E-state index contributed by atoms with van der Waals surface area (Å²) in [5.41, 5.74) is 1.92. The highest BCUT2D eigenvalue weighted by Gasteiger charge is 2.01. The molecule has 0 atom stereocenters. The molecule has 2 heteroatoms. The van der Waals surface area contributed by atoms with Crippen molar-refractivity contribution < 1.29 is 0 Å². The number of nitriles is 1. The SMILES string of the molecule is CC(C)N/C(=C/C#N)c1ccccc1. The topological polar surface area (TPSA) is 35.8 Å². The van der Waals surface area contributed by atoms with E-state index < -0.39 is 0 Å². The zero-order valence-corrected chi connectivity index (χ0v) is 8.49. The Balaban J connectivity index is 2.91. The quantitative estimate of drug-likeness (QED) is 0.736. The summed E-state index contributed by atoms with van der Waals surface area (Å²) in [5, 5.41) is 11.9. The van der Waals surface area contributed by atoms with Crippen molar-refractivity contribution in [3.05, 3.63) is 42.0 Å². The van der Waals surface area contributed by atoms with Gasteiger partial charge in [0.25, 0.3) is 0 Å². The summed E-state index contributed by atoms with van der Waals surface area (Å²) in [6.45, 7) is 4.10. The second-order valence-electron chi connectivity index (χ2n) is 3.35. The molecular formula is C12H14N2. The zero-order valence-electron chi connectivity index (χ0n) is 8.49. The lowest BCUT2D eigenvalue weighted by molar-refractivity contribution is 0.717. The van der Waals surface area contributed by atoms with Gasteiger partial charge in [0.05, 0.1) is 11.8 Å². The molecule has 72 valence electrons. The van der Waals surface area contributed by atoms with Crippen LogP contribution in [0.5, 0.6) is 0 Å². The van der Waals surface area contributed by atoms with Crippen molar-refractivity contribution in [3.8, 4) is 6.07 Å². The lowest BCUT2D eigenvalue weighted by atomic mass is 10.1. The monoisotopic (exact) mass is 186 g/mol. The van der Waals surface area contributed by atoms with E-state index in [0.717, 1.165) is 11.3 Å². The Labute approximate surface area is 84.9 Å².